The quantitative estimate of drug-likeness (QED) is 0.593. The fourth-order valence-corrected chi connectivity index (χ4v) is 2.92. The maximum atomic E-state index is 12.4. The van der Waals surface area contributed by atoms with E-state index >= 15 is 0 Å². The summed E-state index contributed by atoms with van der Waals surface area (Å²) in [5.41, 5.74) is 0.0302. The summed E-state index contributed by atoms with van der Waals surface area (Å²) in [4.78, 5) is 10.0. The molecule has 112 valence electrons. The smallest absolute Gasteiger partial charge is 0.270 e. The maximum absolute atomic E-state index is 12.4. The van der Waals surface area contributed by atoms with Crippen LogP contribution in [0.1, 0.15) is 0 Å². The molecule has 1 N–H and O–H groups in total. The fourth-order valence-electron chi connectivity index (χ4n) is 1.55. The second kappa shape index (κ2) is 6.64. The van der Waals surface area contributed by atoms with Crippen LogP contribution in [0.2, 0.25) is 0 Å². The van der Waals surface area contributed by atoms with Gasteiger partial charge < -0.3 is 10.1 Å². The highest BCUT2D eigenvalue weighted by molar-refractivity contribution is 7.89. The van der Waals surface area contributed by atoms with E-state index in [1.165, 1.54) is 26.3 Å². The first-order valence-electron chi connectivity index (χ1n) is 5.76. The predicted molar refractivity (Wildman–Crippen MR) is 74.3 cm³/mol. The molecule has 20 heavy (non-hydrogen) atoms. The summed E-state index contributed by atoms with van der Waals surface area (Å²) < 4.78 is 30.7. The van der Waals surface area contributed by atoms with Gasteiger partial charge in [0.15, 0.2) is 0 Å². The fraction of sp³-hybridized carbons (Fsp3) is 0.455. The van der Waals surface area contributed by atoms with Gasteiger partial charge in [-0.25, -0.2) is 8.42 Å². The molecule has 1 rings (SSSR count). The molecule has 9 heteroatoms. The highest BCUT2D eigenvalue weighted by Gasteiger charge is 2.26. The number of likely N-dealkylation sites (N-methyl/N-ethyl adjacent to an activating group) is 1. The van der Waals surface area contributed by atoms with E-state index < -0.39 is 14.9 Å². The number of methoxy groups -OCH3 is 1. The summed E-state index contributed by atoms with van der Waals surface area (Å²) in [6.45, 7) is 0.393. The van der Waals surface area contributed by atoms with E-state index in [-0.39, 0.29) is 23.7 Å². The topological polar surface area (TPSA) is 102 Å². The van der Waals surface area contributed by atoms with E-state index in [4.69, 9.17) is 4.74 Å². The van der Waals surface area contributed by atoms with Crippen molar-refractivity contribution in [2.24, 2.45) is 0 Å². The second-order valence-corrected chi connectivity index (χ2v) is 6.02. The Bertz CT molecular complexity index is 588. The van der Waals surface area contributed by atoms with Crippen molar-refractivity contribution in [1.29, 1.82) is 0 Å². The van der Waals surface area contributed by atoms with Crippen LogP contribution in [0.15, 0.2) is 23.1 Å². The van der Waals surface area contributed by atoms with Crippen LogP contribution >= 0.6 is 0 Å². The van der Waals surface area contributed by atoms with Gasteiger partial charge in [-0.15, -0.1) is 0 Å². The van der Waals surface area contributed by atoms with E-state index in [1.807, 2.05) is 0 Å². The minimum absolute atomic E-state index is 0.132. The Hall–Kier alpha value is -1.71. The van der Waals surface area contributed by atoms with E-state index in [2.05, 4.69) is 5.32 Å². The summed E-state index contributed by atoms with van der Waals surface area (Å²) in [7, 11) is 0.588. The van der Waals surface area contributed by atoms with Crippen molar-refractivity contribution >= 4 is 21.4 Å². The lowest BCUT2D eigenvalue weighted by Crippen LogP contribution is -2.30. The summed E-state index contributed by atoms with van der Waals surface area (Å²) in [6.07, 6.45) is 0. The number of nitrogens with one attached hydrogen (secondary N) is 1. The molecule has 0 saturated carbocycles. The van der Waals surface area contributed by atoms with Crippen molar-refractivity contribution in [3.05, 3.63) is 28.3 Å². The molecule has 0 atom stereocenters. The summed E-state index contributed by atoms with van der Waals surface area (Å²) in [5.74, 6) is 0. The molecule has 8 nitrogen and oxygen atoms in total. The van der Waals surface area contributed by atoms with Crippen molar-refractivity contribution in [2.45, 2.75) is 4.90 Å². The molecule has 0 unspecified atom stereocenters. The molecule has 0 saturated heterocycles. The summed E-state index contributed by atoms with van der Waals surface area (Å²) in [6, 6.07) is 3.67. The molecule has 0 heterocycles. The lowest BCUT2D eigenvalue weighted by atomic mass is 10.3. The van der Waals surface area contributed by atoms with Crippen molar-refractivity contribution in [1.82, 2.24) is 4.31 Å². The molecule has 1 aromatic rings. The molecule has 0 aliphatic rings. The van der Waals surface area contributed by atoms with Gasteiger partial charge >= 0.3 is 0 Å². The highest BCUT2D eigenvalue weighted by atomic mass is 32.2. The Morgan fingerprint density at radius 3 is 2.60 bits per heavy atom. The number of rotatable bonds is 7. The third-order valence-corrected chi connectivity index (χ3v) is 4.64. The Kier molecular flexibility index (Phi) is 5.43. The zero-order valence-corrected chi connectivity index (χ0v) is 12.3. The number of ether oxygens (including phenoxy) is 1. The van der Waals surface area contributed by atoms with E-state index in [9.17, 15) is 18.5 Å². The van der Waals surface area contributed by atoms with Crippen molar-refractivity contribution in [3.8, 4) is 0 Å². The average Bonchev–Trinajstić information content (AvgIpc) is 2.43. The van der Waals surface area contributed by atoms with Gasteiger partial charge in [-0.3, -0.25) is 10.1 Å². The molecular weight excluding hydrogens is 286 g/mol. The number of nitro groups is 1. The van der Waals surface area contributed by atoms with Gasteiger partial charge in [-0.1, -0.05) is 0 Å². The number of benzene rings is 1. The van der Waals surface area contributed by atoms with Crippen LogP contribution in [-0.4, -0.2) is 52.0 Å². The van der Waals surface area contributed by atoms with Crippen LogP contribution in [0, 0.1) is 10.1 Å². The number of anilines is 1. The van der Waals surface area contributed by atoms with Crippen molar-refractivity contribution in [3.63, 3.8) is 0 Å². The van der Waals surface area contributed by atoms with Crippen LogP contribution in [0.4, 0.5) is 11.4 Å². The minimum atomic E-state index is -3.82. The molecular formula is C11H17N3O5S. The predicted octanol–water partition coefficient (Wildman–Crippen LogP) is 0.903. The van der Waals surface area contributed by atoms with Crippen molar-refractivity contribution in [2.75, 3.05) is 39.7 Å². The number of hydrogen-bond acceptors (Lipinski definition) is 6. The zero-order valence-electron chi connectivity index (χ0n) is 11.5. The number of hydrogen-bond donors (Lipinski definition) is 1. The van der Waals surface area contributed by atoms with Gasteiger partial charge in [0.2, 0.25) is 10.0 Å². The molecule has 0 bridgehead atoms. The number of nitro benzene ring substituents is 1. The normalized spacial score (nSPS) is 11.6. The van der Waals surface area contributed by atoms with Crippen LogP contribution < -0.4 is 5.32 Å². The lowest BCUT2D eigenvalue weighted by Gasteiger charge is -2.18. The average molecular weight is 303 g/mol. The number of non-ortho nitro benzene ring substituents is 1. The molecule has 0 aromatic heterocycles. The van der Waals surface area contributed by atoms with Crippen LogP contribution in [-0.2, 0) is 14.8 Å². The minimum Gasteiger partial charge on any atom is -0.387 e. The molecule has 0 amide bonds. The SMILES string of the molecule is CNc1ccc([N+](=O)[O-])cc1S(=O)(=O)N(C)CCOC. The molecule has 0 spiro atoms. The monoisotopic (exact) mass is 303 g/mol. The molecule has 0 fully saturated rings. The second-order valence-electron chi connectivity index (χ2n) is 4.01. The first-order chi connectivity index (χ1) is 9.34. The Morgan fingerprint density at radius 1 is 1.45 bits per heavy atom. The molecule has 0 aliphatic heterocycles. The van der Waals surface area contributed by atoms with Gasteiger partial charge in [0.05, 0.1) is 17.2 Å². The van der Waals surface area contributed by atoms with Crippen LogP contribution in [0.25, 0.3) is 0 Å². The van der Waals surface area contributed by atoms with E-state index in [0.29, 0.717) is 5.69 Å². The maximum Gasteiger partial charge on any atom is 0.270 e. The van der Waals surface area contributed by atoms with E-state index in [0.717, 1.165) is 10.4 Å². The summed E-state index contributed by atoms with van der Waals surface area (Å²) >= 11 is 0. The van der Waals surface area contributed by atoms with Gasteiger partial charge in [-0.2, -0.15) is 4.31 Å². The molecule has 0 aliphatic carbocycles. The lowest BCUT2D eigenvalue weighted by molar-refractivity contribution is -0.385. The molecule has 0 radical (unpaired) electrons. The van der Waals surface area contributed by atoms with Crippen LogP contribution in [0.3, 0.4) is 0 Å². The summed E-state index contributed by atoms with van der Waals surface area (Å²) in [5, 5.41) is 13.5. The Labute approximate surface area is 117 Å². The standard InChI is InChI=1S/C11H17N3O5S/c1-12-10-5-4-9(14(15)16)8-11(10)20(17,18)13(2)6-7-19-3/h4-5,8,12H,6-7H2,1-3H3. The largest absolute Gasteiger partial charge is 0.387 e. The Balaban J connectivity index is 3.27. The van der Waals surface area contributed by atoms with Crippen LogP contribution in [0.5, 0.6) is 0 Å². The number of nitrogens with zero attached hydrogens (tertiary/aromatic N) is 2. The molecule has 1 aromatic carbocycles. The van der Waals surface area contributed by atoms with E-state index in [1.54, 1.807) is 7.05 Å². The van der Waals surface area contributed by atoms with Gasteiger partial charge in [-0.05, 0) is 6.07 Å². The van der Waals surface area contributed by atoms with Crippen molar-refractivity contribution < 1.29 is 18.1 Å². The third-order valence-electron chi connectivity index (χ3n) is 2.74. The highest BCUT2D eigenvalue weighted by Crippen LogP contribution is 2.28. The zero-order chi connectivity index (χ0) is 15.3. The van der Waals surface area contributed by atoms with Gasteiger partial charge in [0.1, 0.15) is 4.90 Å². The first-order valence-corrected chi connectivity index (χ1v) is 7.20. The van der Waals surface area contributed by atoms with Gasteiger partial charge in [0, 0.05) is 39.9 Å². The first kappa shape index (κ1) is 16.3. The van der Waals surface area contributed by atoms with Gasteiger partial charge in [0.25, 0.3) is 5.69 Å². The third kappa shape index (κ3) is 3.44. The Morgan fingerprint density at radius 2 is 2.10 bits per heavy atom. The number of sulfonamides is 1.